The molecule has 1 aromatic rings. The van der Waals surface area contributed by atoms with Crippen molar-refractivity contribution in [3.8, 4) is 0 Å². The van der Waals surface area contributed by atoms with E-state index in [0.29, 0.717) is 19.4 Å². The molecular weight excluding hydrogens is 276 g/mol. The van der Waals surface area contributed by atoms with Crippen LogP contribution in [0, 0.1) is 5.92 Å². The molecule has 1 saturated carbocycles. The number of amides is 2. The summed E-state index contributed by atoms with van der Waals surface area (Å²) in [6, 6.07) is 3.87. The highest BCUT2D eigenvalue weighted by atomic mass is 32.1. The zero-order valence-electron chi connectivity index (χ0n) is 11.5. The van der Waals surface area contributed by atoms with Gasteiger partial charge in [-0.15, -0.1) is 11.3 Å². The minimum absolute atomic E-state index is 0.0226. The van der Waals surface area contributed by atoms with E-state index in [4.69, 9.17) is 5.11 Å². The molecule has 2 atom stereocenters. The smallest absolute Gasteiger partial charge is 0.315 e. The Morgan fingerprint density at radius 1 is 1.35 bits per heavy atom. The first kappa shape index (κ1) is 14.8. The fraction of sp³-hybridized carbons (Fsp3) is 0.571. The molecule has 1 heterocycles. The third-order valence-electron chi connectivity index (χ3n) is 3.61. The number of carbonyl (C=O) groups is 2. The summed E-state index contributed by atoms with van der Waals surface area (Å²) in [5.74, 6) is -1.08. The van der Waals surface area contributed by atoms with Crippen LogP contribution in [0.3, 0.4) is 0 Å². The molecule has 20 heavy (non-hydrogen) atoms. The van der Waals surface area contributed by atoms with Crippen molar-refractivity contribution in [3.05, 3.63) is 21.9 Å². The lowest BCUT2D eigenvalue weighted by molar-refractivity contribution is -0.141. The minimum atomic E-state index is -0.764. The van der Waals surface area contributed by atoms with Gasteiger partial charge in [-0.3, -0.25) is 4.79 Å². The molecule has 1 fully saturated rings. The van der Waals surface area contributed by atoms with Crippen molar-refractivity contribution < 1.29 is 14.7 Å². The van der Waals surface area contributed by atoms with Gasteiger partial charge in [0.25, 0.3) is 0 Å². The van der Waals surface area contributed by atoms with Crippen molar-refractivity contribution in [1.29, 1.82) is 0 Å². The summed E-state index contributed by atoms with van der Waals surface area (Å²) in [5.41, 5.74) is 0. The van der Waals surface area contributed by atoms with E-state index in [-0.39, 0.29) is 18.0 Å². The Hall–Kier alpha value is -1.56. The van der Waals surface area contributed by atoms with Gasteiger partial charge in [0.1, 0.15) is 0 Å². The van der Waals surface area contributed by atoms with Crippen LogP contribution in [0.25, 0.3) is 0 Å². The van der Waals surface area contributed by atoms with E-state index in [0.717, 1.165) is 17.7 Å². The predicted molar refractivity (Wildman–Crippen MR) is 77.8 cm³/mol. The summed E-state index contributed by atoms with van der Waals surface area (Å²) in [5, 5.41) is 14.6. The van der Waals surface area contributed by atoms with Crippen LogP contribution >= 0.6 is 11.3 Å². The maximum absolute atomic E-state index is 11.8. The topological polar surface area (TPSA) is 78.4 Å². The van der Waals surface area contributed by atoms with Crippen LogP contribution in [0.2, 0.25) is 0 Å². The van der Waals surface area contributed by atoms with Gasteiger partial charge in [-0.25, -0.2) is 4.79 Å². The summed E-state index contributed by atoms with van der Waals surface area (Å²) in [6.07, 6.45) is 2.92. The second-order valence-electron chi connectivity index (χ2n) is 5.09. The summed E-state index contributed by atoms with van der Waals surface area (Å²) >= 11 is 1.70. The largest absolute Gasteiger partial charge is 0.481 e. The molecule has 6 heteroatoms. The normalized spacial score (nSPS) is 21.6. The SMILES string of the molecule is CCc1ccc(CNC(=O)N[C@H]2CC[C@@H](C(=O)O)C2)s1. The molecular formula is C14H20N2O3S. The summed E-state index contributed by atoms with van der Waals surface area (Å²) in [7, 11) is 0. The van der Waals surface area contributed by atoms with Gasteiger partial charge in [-0.2, -0.15) is 0 Å². The van der Waals surface area contributed by atoms with Gasteiger partial charge in [-0.1, -0.05) is 6.92 Å². The van der Waals surface area contributed by atoms with Crippen LogP contribution in [0.5, 0.6) is 0 Å². The molecule has 1 aromatic heterocycles. The van der Waals surface area contributed by atoms with Gasteiger partial charge in [0.15, 0.2) is 0 Å². The van der Waals surface area contributed by atoms with Gasteiger partial charge >= 0.3 is 12.0 Å². The fourth-order valence-corrected chi connectivity index (χ4v) is 3.35. The molecule has 0 saturated heterocycles. The highest BCUT2D eigenvalue weighted by molar-refractivity contribution is 7.11. The fourth-order valence-electron chi connectivity index (χ4n) is 2.45. The van der Waals surface area contributed by atoms with Gasteiger partial charge in [0.05, 0.1) is 12.5 Å². The number of hydrogen-bond donors (Lipinski definition) is 3. The molecule has 0 spiro atoms. The quantitative estimate of drug-likeness (QED) is 0.780. The van der Waals surface area contributed by atoms with E-state index in [9.17, 15) is 9.59 Å². The molecule has 0 unspecified atom stereocenters. The highest BCUT2D eigenvalue weighted by Gasteiger charge is 2.30. The number of hydrogen-bond acceptors (Lipinski definition) is 3. The molecule has 1 aliphatic carbocycles. The van der Waals surface area contributed by atoms with Gasteiger partial charge in [0.2, 0.25) is 0 Å². The molecule has 110 valence electrons. The number of aliphatic carboxylic acids is 1. The van der Waals surface area contributed by atoms with Gasteiger partial charge in [-0.05, 0) is 37.8 Å². The van der Waals surface area contributed by atoms with Crippen molar-refractivity contribution >= 4 is 23.3 Å². The monoisotopic (exact) mass is 296 g/mol. The van der Waals surface area contributed by atoms with E-state index in [2.05, 4.69) is 23.6 Å². The van der Waals surface area contributed by atoms with Crippen LogP contribution in [0.4, 0.5) is 4.79 Å². The first-order valence-corrected chi connectivity index (χ1v) is 7.75. The van der Waals surface area contributed by atoms with Crippen molar-refractivity contribution in [3.63, 3.8) is 0 Å². The van der Waals surface area contributed by atoms with Crippen molar-refractivity contribution in [2.24, 2.45) is 5.92 Å². The number of rotatable bonds is 5. The Morgan fingerprint density at radius 3 is 2.70 bits per heavy atom. The minimum Gasteiger partial charge on any atom is -0.481 e. The van der Waals surface area contributed by atoms with E-state index >= 15 is 0 Å². The Bertz CT molecular complexity index is 487. The van der Waals surface area contributed by atoms with Crippen LogP contribution < -0.4 is 10.6 Å². The first-order chi connectivity index (χ1) is 9.58. The summed E-state index contributed by atoms with van der Waals surface area (Å²) < 4.78 is 0. The zero-order valence-corrected chi connectivity index (χ0v) is 12.3. The Morgan fingerprint density at radius 2 is 2.10 bits per heavy atom. The number of carbonyl (C=O) groups excluding carboxylic acids is 1. The highest BCUT2D eigenvalue weighted by Crippen LogP contribution is 2.25. The molecule has 1 aliphatic rings. The molecule has 0 bridgehead atoms. The third kappa shape index (κ3) is 3.96. The van der Waals surface area contributed by atoms with E-state index in [1.54, 1.807) is 11.3 Å². The Kier molecular flexibility index (Phi) is 5.00. The van der Waals surface area contributed by atoms with Crippen LogP contribution in [-0.2, 0) is 17.8 Å². The number of urea groups is 1. The molecule has 5 nitrogen and oxygen atoms in total. The first-order valence-electron chi connectivity index (χ1n) is 6.93. The average Bonchev–Trinajstić information content (AvgIpc) is 3.04. The van der Waals surface area contributed by atoms with Gasteiger partial charge in [0, 0.05) is 15.8 Å². The van der Waals surface area contributed by atoms with Crippen molar-refractivity contribution in [2.45, 2.75) is 45.2 Å². The third-order valence-corrected chi connectivity index (χ3v) is 4.84. The maximum atomic E-state index is 11.8. The van der Waals surface area contributed by atoms with Crippen LogP contribution in [0.1, 0.15) is 35.9 Å². The predicted octanol–water partition coefficient (Wildman–Crippen LogP) is 2.36. The van der Waals surface area contributed by atoms with Gasteiger partial charge < -0.3 is 15.7 Å². The van der Waals surface area contributed by atoms with E-state index < -0.39 is 5.97 Å². The Balaban J connectivity index is 1.72. The zero-order chi connectivity index (χ0) is 14.5. The second-order valence-corrected chi connectivity index (χ2v) is 6.35. The summed E-state index contributed by atoms with van der Waals surface area (Å²) in [4.78, 5) is 25.0. The number of thiophene rings is 1. The number of aryl methyl sites for hydroxylation is 1. The molecule has 3 N–H and O–H groups in total. The number of carboxylic acids is 1. The maximum Gasteiger partial charge on any atom is 0.315 e. The van der Waals surface area contributed by atoms with E-state index in [1.807, 2.05) is 6.07 Å². The molecule has 0 radical (unpaired) electrons. The van der Waals surface area contributed by atoms with Crippen LogP contribution in [-0.4, -0.2) is 23.1 Å². The lowest BCUT2D eigenvalue weighted by atomic mass is 10.1. The number of nitrogens with one attached hydrogen (secondary N) is 2. The Labute approximate surface area is 122 Å². The molecule has 0 aliphatic heterocycles. The lowest BCUT2D eigenvalue weighted by Crippen LogP contribution is -2.40. The number of carboxylic acid groups (broad SMARTS) is 1. The van der Waals surface area contributed by atoms with Crippen molar-refractivity contribution in [1.82, 2.24) is 10.6 Å². The standard InChI is InChI=1S/C14H20N2O3S/c1-2-11-5-6-12(20-11)8-15-14(19)16-10-4-3-9(7-10)13(17)18/h5-6,9-10H,2-4,7-8H2,1H3,(H,17,18)(H2,15,16,19)/t9-,10+/m1/s1. The average molecular weight is 296 g/mol. The van der Waals surface area contributed by atoms with E-state index in [1.165, 1.54) is 4.88 Å². The molecule has 2 amide bonds. The molecule has 2 rings (SSSR count). The lowest BCUT2D eigenvalue weighted by Gasteiger charge is -2.13. The van der Waals surface area contributed by atoms with Crippen molar-refractivity contribution in [2.75, 3.05) is 0 Å². The van der Waals surface area contributed by atoms with Crippen LogP contribution in [0.15, 0.2) is 12.1 Å². The molecule has 0 aromatic carbocycles. The second kappa shape index (κ2) is 6.74. The summed E-state index contributed by atoms with van der Waals surface area (Å²) in [6.45, 7) is 2.63.